The van der Waals surface area contributed by atoms with Crippen molar-refractivity contribution in [3.05, 3.63) is 43.4 Å². The number of halogens is 3. The summed E-state index contributed by atoms with van der Waals surface area (Å²) >= 11 is 19.3. The third-order valence-electron chi connectivity index (χ3n) is 2.32. The Morgan fingerprint density at radius 1 is 1.26 bits per heavy atom. The highest BCUT2D eigenvalue weighted by molar-refractivity contribution is 8.02. The van der Waals surface area contributed by atoms with Crippen LogP contribution in [0.2, 0.25) is 15.1 Å². The van der Waals surface area contributed by atoms with Crippen molar-refractivity contribution in [1.29, 1.82) is 0 Å². The Bertz CT molecular complexity index is 537. The zero-order chi connectivity index (χ0) is 14.6. The molecule has 0 fully saturated rings. The van der Waals surface area contributed by atoms with Gasteiger partial charge in [0.2, 0.25) is 0 Å². The van der Waals surface area contributed by atoms with E-state index in [-0.39, 0.29) is 0 Å². The minimum Gasteiger partial charge on any atom is -0.573 e. The van der Waals surface area contributed by atoms with E-state index >= 15 is 0 Å². The van der Waals surface area contributed by atoms with Crippen LogP contribution in [0, 0.1) is 0 Å². The second-order valence-electron chi connectivity index (χ2n) is 3.70. The fourth-order valence-corrected chi connectivity index (χ4v) is 3.30. The number of benzene rings is 1. The van der Waals surface area contributed by atoms with E-state index in [9.17, 15) is 9.46 Å². The van der Waals surface area contributed by atoms with Gasteiger partial charge in [0.05, 0.1) is 15.7 Å². The lowest BCUT2D eigenvalue weighted by Gasteiger charge is -2.08. The standard InChI is InChI=1S/C11H11Cl3NO2PS/c1-6(15-18(16)17)7(2)19-5-8-3-10(13)11(14)4-9(8)12/h3-4H,5H2,1-2H3,(H,15,16,17)/b7-6+. The van der Waals surface area contributed by atoms with Crippen LogP contribution in [0.5, 0.6) is 0 Å². The molecule has 8 heteroatoms. The van der Waals surface area contributed by atoms with Gasteiger partial charge in [-0.15, -0.1) is 11.8 Å². The quantitative estimate of drug-likeness (QED) is 0.610. The third-order valence-corrected chi connectivity index (χ3v) is 5.11. The molecule has 1 atom stereocenters. The summed E-state index contributed by atoms with van der Waals surface area (Å²) in [4.78, 5) is 11.4. The Kier molecular flexibility index (Phi) is 6.95. The second kappa shape index (κ2) is 7.72. The van der Waals surface area contributed by atoms with Gasteiger partial charge in [-0.3, -0.25) is 0 Å². The second-order valence-corrected chi connectivity index (χ2v) is 6.85. The Labute approximate surface area is 132 Å². The van der Waals surface area contributed by atoms with Crippen LogP contribution in [0.3, 0.4) is 0 Å². The molecule has 0 aliphatic carbocycles. The molecule has 1 unspecified atom stereocenters. The number of hydrogen-bond donors (Lipinski definition) is 1. The van der Waals surface area contributed by atoms with Crippen molar-refractivity contribution in [1.82, 2.24) is 5.09 Å². The molecule has 0 spiro atoms. The molecule has 1 rings (SSSR count). The van der Waals surface area contributed by atoms with E-state index in [1.807, 2.05) is 6.92 Å². The summed E-state index contributed by atoms with van der Waals surface area (Å²) < 4.78 is 10.6. The van der Waals surface area contributed by atoms with Crippen molar-refractivity contribution in [2.24, 2.45) is 0 Å². The van der Waals surface area contributed by atoms with Gasteiger partial charge in [-0.05, 0) is 36.1 Å². The average molecular weight is 359 g/mol. The van der Waals surface area contributed by atoms with Crippen molar-refractivity contribution < 1.29 is 9.46 Å². The summed E-state index contributed by atoms with van der Waals surface area (Å²) in [6.45, 7) is 3.53. The number of nitrogens with one attached hydrogen (secondary N) is 1. The van der Waals surface area contributed by atoms with E-state index in [1.165, 1.54) is 11.8 Å². The zero-order valence-corrected chi connectivity index (χ0v) is 14.1. The van der Waals surface area contributed by atoms with E-state index in [0.717, 1.165) is 10.5 Å². The van der Waals surface area contributed by atoms with E-state index in [0.29, 0.717) is 26.5 Å². The van der Waals surface area contributed by atoms with Gasteiger partial charge in [0.15, 0.2) is 0 Å². The molecule has 0 bridgehead atoms. The van der Waals surface area contributed by atoms with Crippen molar-refractivity contribution in [3.8, 4) is 0 Å². The van der Waals surface area contributed by atoms with Crippen LogP contribution >= 0.6 is 54.7 Å². The molecule has 19 heavy (non-hydrogen) atoms. The zero-order valence-electron chi connectivity index (χ0n) is 10.2. The van der Waals surface area contributed by atoms with E-state index in [2.05, 4.69) is 5.09 Å². The summed E-state index contributed by atoms with van der Waals surface area (Å²) in [5, 5.41) is 3.74. The maximum absolute atomic E-state index is 10.6. The van der Waals surface area contributed by atoms with Crippen LogP contribution in [0.1, 0.15) is 19.4 Å². The highest BCUT2D eigenvalue weighted by atomic mass is 35.5. The van der Waals surface area contributed by atoms with E-state index < -0.39 is 8.18 Å². The molecule has 3 nitrogen and oxygen atoms in total. The summed E-state index contributed by atoms with van der Waals surface area (Å²) in [5.41, 5.74) is 1.44. The van der Waals surface area contributed by atoms with Gasteiger partial charge in [0.25, 0.3) is 0 Å². The number of thioether (sulfide) groups is 1. The van der Waals surface area contributed by atoms with Gasteiger partial charge in [0.1, 0.15) is 0 Å². The molecule has 0 aromatic heterocycles. The fourth-order valence-electron chi connectivity index (χ4n) is 1.18. The van der Waals surface area contributed by atoms with Crippen molar-refractivity contribution in [3.63, 3.8) is 0 Å². The largest absolute Gasteiger partial charge is 0.573 e. The first-order valence-corrected chi connectivity index (χ1v) is 8.45. The SMILES string of the molecule is C/C(N[P+](=O)[O-])=C(/C)SCc1cc(Cl)c(Cl)cc1Cl. The van der Waals surface area contributed by atoms with Crippen LogP contribution in [0.25, 0.3) is 0 Å². The van der Waals surface area contributed by atoms with Crippen LogP contribution in [0.15, 0.2) is 22.7 Å². The van der Waals surface area contributed by atoms with Crippen LogP contribution in [-0.2, 0) is 10.3 Å². The van der Waals surface area contributed by atoms with Gasteiger partial charge in [-0.2, -0.15) is 5.09 Å². The summed E-state index contributed by atoms with van der Waals surface area (Å²) in [5.74, 6) is 0.580. The first-order valence-electron chi connectivity index (χ1n) is 5.16. The third kappa shape index (κ3) is 5.50. The molecule has 0 saturated carbocycles. The van der Waals surface area contributed by atoms with Gasteiger partial charge in [-0.25, -0.2) is 0 Å². The maximum atomic E-state index is 10.6. The molecular formula is C11H11Cl3NO2PS. The minimum absolute atomic E-state index is 0.411. The van der Waals surface area contributed by atoms with Crippen LogP contribution in [0.4, 0.5) is 0 Å². The maximum Gasteiger partial charge on any atom is 0.437 e. The van der Waals surface area contributed by atoms with Gasteiger partial charge in [0, 0.05) is 15.7 Å². The van der Waals surface area contributed by atoms with E-state index in [4.69, 9.17) is 34.8 Å². The molecule has 1 aromatic rings. The summed E-state index contributed by atoms with van der Waals surface area (Å²) in [6.07, 6.45) is 0. The average Bonchev–Trinajstić information content (AvgIpc) is 2.30. The van der Waals surface area contributed by atoms with Crippen LogP contribution < -0.4 is 9.98 Å². The minimum atomic E-state index is -2.64. The van der Waals surface area contributed by atoms with Crippen LogP contribution in [-0.4, -0.2) is 0 Å². The normalized spacial score (nSPS) is 13.1. The highest BCUT2D eigenvalue weighted by Crippen LogP contribution is 2.33. The lowest BCUT2D eigenvalue weighted by molar-refractivity contribution is -0.166. The number of rotatable bonds is 5. The fraction of sp³-hybridized carbons (Fsp3) is 0.273. The molecule has 0 aliphatic heterocycles. The van der Waals surface area contributed by atoms with Crippen molar-refractivity contribution >= 4 is 54.7 Å². The monoisotopic (exact) mass is 357 g/mol. The lowest BCUT2D eigenvalue weighted by atomic mass is 10.2. The van der Waals surface area contributed by atoms with Crippen molar-refractivity contribution in [2.45, 2.75) is 19.6 Å². The molecule has 0 aliphatic rings. The Balaban J connectivity index is 2.77. The molecule has 0 amide bonds. The highest BCUT2D eigenvalue weighted by Gasteiger charge is 2.09. The number of hydrogen-bond acceptors (Lipinski definition) is 3. The molecule has 104 valence electrons. The molecule has 0 saturated heterocycles. The van der Waals surface area contributed by atoms with Gasteiger partial charge in [-0.1, -0.05) is 34.8 Å². The first kappa shape index (κ1) is 17.1. The Morgan fingerprint density at radius 2 is 1.84 bits per heavy atom. The molecule has 0 heterocycles. The molecule has 1 N–H and O–H groups in total. The predicted molar refractivity (Wildman–Crippen MR) is 81.9 cm³/mol. The van der Waals surface area contributed by atoms with E-state index in [1.54, 1.807) is 19.1 Å². The first-order chi connectivity index (χ1) is 8.81. The smallest absolute Gasteiger partial charge is 0.437 e. The molecule has 1 aromatic carbocycles. The summed E-state index contributed by atoms with van der Waals surface area (Å²) in [7, 11) is -2.64. The van der Waals surface area contributed by atoms with Gasteiger partial charge >= 0.3 is 8.18 Å². The Morgan fingerprint density at radius 3 is 2.42 bits per heavy atom. The predicted octanol–water partition coefficient (Wildman–Crippen LogP) is 4.74. The summed E-state index contributed by atoms with van der Waals surface area (Å²) in [6, 6.07) is 3.31. The van der Waals surface area contributed by atoms with Gasteiger partial charge < -0.3 is 4.89 Å². The number of allylic oxidation sites excluding steroid dienone is 2. The topological polar surface area (TPSA) is 52.2 Å². The lowest BCUT2D eigenvalue weighted by Crippen LogP contribution is -2.07. The van der Waals surface area contributed by atoms with Crippen molar-refractivity contribution in [2.75, 3.05) is 0 Å². The molecule has 0 radical (unpaired) electrons. The Hall–Kier alpha value is 0.0400. The molecular weight excluding hydrogens is 348 g/mol.